The number of hydrogen-bond acceptors (Lipinski definition) is 14. The molecule has 2 heterocycles. The number of unbranched alkanes of at least 4 members (excludes halogenated alkanes) is 5. The van der Waals surface area contributed by atoms with Gasteiger partial charge in [-0.25, -0.2) is 0 Å². The Bertz CT molecular complexity index is 801. The van der Waals surface area contributed by atoms with Crippen LogP contribution in [-0.4, -0.2) is 133 Å². The van der Waals surface area contributed by atoms with Gasteiger partial charge < -0.3 is 65.2 Å². The summed E-state index contributed by atoms with van der Waals surface area (Å²) in [5.74, 6) is -2.53. The molecule has 0 bridgehead atoms. The van der Waals surface area contributed by atoms with Crippen LogP contribution in [0.4, 0.5) is 0 Å². The van der Waals surface area contributed by atoms with E-state index in [-0.39, 0.29) is 58.0 Å². The summed E-state index contributed by atoms with van der Waals surface area (Å²) < 4.78 is 16.9. The van der Waals surface area contributed by atoms with E-state index in [0.29, 0.717) is 18.2 Å². The number of rotatable bonds is 16. The van der Waals surface area contributed by atoms with Crippen LogP contribution in [0.5, 0.6) is 0 Å². The fourth-order valence-electron chi connectivity index (χ4n) is 4.87. The van der Waals surface area contributed by atoms with E-state index >= 15 is 0 Å². The molecular weight excluding hydrogens is 593 g/mol. The average molecular weight is 638 g/mol. The van der Waals surface area contributed by atoms with Gasteiger partial charge in [0, 0.05) is 20.0 Å². The summed E-state index contributed by atoms with van der Waals surface area (Å²) in [5.41, 5.74) is 0. The molecule has 0 aromatic heterocycles. The Balaban J connectivity index is 0.00000840. The van der Waals surface area contributed by atoms with Crippen LogP contribution in [0.2, 0.25) is 0 Å². The van der Waals surface area contributed by atoms with E-state index in [1.165, 1.54) is 0 Å². The quantitative estimate of drug-likeness (QED) is 0.0581. The fourth-order valence-corrected chi connectivity index (χ4v) is 6.42. The number of carboxylic acid groups (broad SMARTS) is 1. The SMILES string of the molecule is CCCCCCCCO[C@@H]1O[C@H](CO)[C@H](O)[C@H](S[C@]2(C(=O)[O-])C[C@H](O)[C@@H](NC(C)=O)[C@H]([C@H](O)[C@H](O)CO)O2)[C@H]1O.[K+]. The Hall–Kier alpha value is 0.526. The second-order valence-electron chi connectivity index (χ2n) is 10.3. The van der Waals surface area contributed by atoms with Gasteiger partial charge >= 0.3 is 51.4 Å². The van der Waals surface area contributed by atoms with E-state index in [1.807, 2.05) is 0 Å². The Morgan fingerprint density at radius 1 is 1.10 bits per heavy atom. The Morgan fingerprint density at radius 3 is 2.29 bits per heavy atom. The van der Waals surface area contributed by atoms with E-state index < -0.39 is 96.8 Å². The summed E-state index contributed by atoms with van der Waals surface area (Å²) in [6.45, 7) is 1.80. The molecule has 0 radical (unpaired) electrons. The normalized spacial score (nSPS) is 35.2. The van der Waals surface area contributed by atoms with Crippen molar-refractivity contribution in [1.29, 1.82) is 0 Å². The van der Waals surface area contributed by atoms with Gasteiger partial charge in [0.05, 0.1) is 42.7 Å². The molecule has 1 amide bonds. The second-order valence-corrected chi connectivity index (χ2v) is 11.7. The summed E-state index contributed by atoms with van der Waals surface area (Å²) >= 11 is 0.371. The number of hydrogen-bond donors (Lipinski definition) is 8. The van der Waals surface area contributed by atoms with Crippen molar-refractivity contribution in [1.82, 2.24) is 5.32 Å². The number of carbonyl (C=O) groups excluding carboxylic acids is 2. The number of thioether (sulfide) groups is 1. The first-order chi connectivity index (χ1) is 18.9. The number of aliphatic hydroxyl groups excluding tert-OH is 7. The van der Waals surface area contributed by atoms with Crippen LogP contribution >= 0.6 is 11.8 Å². The van der Waals surface area contributed by atoms with Crippen molar-refractivity contribution < 1.29 is 116 Å². The molecule has 14 nitrogen and oxygen atoms in total. The first-order valence-corrected chi connectivity index (χ1v) is 14.5. The van der Waals surface area contributed by atoms with Crippen LogP contribution < -0.4 is 61.8 Å². The van der Waals surface area contributed by atoms with Crippen molar-refractivity contribution >= 4 is 23.6 Å². The van der Waals surface area contributed by atoms with E-state index in [1.54, 1.807) is 0 Å². The Morgan fingerprint density at radius 2 is 1.73 bits per heavy atom. The minimum atomic E-state index is -2.51. The standard InChI is InChI=1S/C25H45NO13S.K/c1-3-4-5-6-7-8-9-37-23-20(34)22(19(33)16(12-28)38-23)40-25(24(35)36)10-14(30)17(26-13(2)29)21(39-25)18(32)15(31)11-27;/h14-23,27-28,30-34H,3-12H2,1-2H3,(H,26,29)(H,35,36);/q;+1/p-1/t14-,15+,16+,17+,18+,19-,20+,21+,22-,23+,25-;/m0./s1. The third-order valence-electron chi connectivity index (χ3n) is 7.10. The molecule has 16 heteroatoms. The molecule has 2 fully saturated rings. The van der Waals surface area contributed by atoms with Crippen LogP contribution in [0, 0.1) is 0 Å². The number of aliphatic hydroxyl groups is 7. The number of aliphatic carboxylic acids is 1. The number of carboxylic acids is 1. The van der Waals surface area contributed by atoms with E-state index in [2.05, 4.69) is 12.2 Å². The maximum absolute atomic E-state index is 12.5. The molecule has 0 aromatic rings. The van der Waals surface area contributed by atoms with Crippen LogP contribution in [0.1, 0.15) is 58.8 Å². The Kier molecular flexibility index (Phi) is 18.5. The number of nitrogens with one attached hydrogen (secondary N) is 1. The molecule has 0 aromatic carbocycles. The van der Waals surface area contributed by atoms with Gasteiger partial charge in [0.2, 0.25) is 5.91 Å². The van der Waals surface area contributed by atoms with Crippen molar-refractivity contribution in [3.8, 4) is 0 Å². The maximum Gasteiger partial charge on any atom is 1.00 e. The first-order valence-electron chi connectivity index (χ1n) is 13.7. The zero-order valence-electron chi connectivity index (χ0n) is 23.8. The van der Waals surface area contributed by atoms with Gasteiger partial charge in [-0.05, 0) is 6.42 Å². The van der Waals surface area contributed by atoms with Gasteiger partial charge in [-0.15, -0.1) is 11.8 Å². The monoisotopic (exact) mass is 637 g/mol. The van der Waals surface area contributed by atoms with E-state index in [0.717, 1.165) is 39.0 Å². The average Bonchev–Trinajstić information content (AvgIpc) is 2.91. The second kappa shape index (κ2) is 19.1. The zero-order chi connectivity index (χ0) is 30.0. The van der Waals surface area contributed by atoms with Gasteiger partial charge in [0.1, 0.15) is 30.5 Å². The summed E-state index contributed by atoms with van der Waals surface area (Å²) in [5, 5.41) is 85.8. The third kappa shape index (κ3) is 10.8. The molecule has 2 aliphatic rings. The van der Waals surface area contributed by atoms with Crippen molar-refractivity contribution in [3.63, 3.8) is 0 Å². The number of ether oxygens (including phenoxy) is 3. The summed E-state index contributed by atoms with van der Waals surface area (Å²) in [6, 6.07) is -1.38. The number of amides is 1. The third-order valence-corrected chi connectivity index (χ3v) is 8.74. The van der Waals surface area contributed by atoms with Gasteiger partial charge in [0.25, 0.3) is 0 Å². The summed E-state index contributed by atoms with van der Waals surface area (Å²) in [4.78, 5) is 21.7. The molecule has 0 spiro atoms. The van der Waals surface area contributed by atoms with Gasteiger partial charge in [-0.3, -0.25) is 4.79 Å². The molecule has 8 N–H and O–H groups in total. The summed E-state index contributed by atoms with van der Waals surface area (Å²) in [6.07, 6.45) is -7.85. The molecule has 11 atom stereocenters. The van der Waals surface area contributed by atoms with Gasteiger partial charge in [-0.2, -0.15) is 0 Å². The first kappa shape index (κ1) is 39.6. The molecule has 2 aliphatic heterocycles. The number of carbonyl (C=O) groups is 2. The largest absolute Gasteiger partial charge is 1.00 e. The topological polar surface area (TPSA) is 239 Å². The van der Waals surface area contributed by atoms with Gasteiger partial charge in [0.15, 0.2) is 11.2 Å². The predicted molar refractivity (Wildman–Crippen MR) is 138 cm³/mol. The molecule has 41 heavy (non-hydrogen) atoms. The smallest absolute Gasteiger partial charge is 0.546 e. The molecule has 2 saturated heterocycles. The summed E-state index contributed by atoms with van der Waals surface area (Å²) in [7, 11) is 0. The van der Waals surface area contributed by atoms with Crippen molar-refractivity contribution in [2.45, 2.75) is 124 Å². The minimum absolute atomic E-state index is 0. The molecule has 0 unspecified atom stereocenters. The van der Waals surface area contributed by atoms with Crippen molar-refractivity contribution in [2.24, 2.45) is 0 Å². The maximum atomic E-state index is 12.5. The fraction of sp³-hybridized carbons (Fsp3) is 0.920. The van der Waals surface area contributed by atoms with Crippen LogP contribution in [0.3, 0.4) is 0 Å². The molecule has 0 aliphatic carbocycles. The van der Waals surface area contributed by atoms with Crippen LogP contribution in [0.15, 0.2) is 0 Å². The van der Waals surface area contributed by atoms with Crippen LogP contribution in [-0.2, 0) is 23.8 Å². The zero-order valence-corrected chi connectivity index (χ0v) is 27.8. The van der Waals surface area contributed by atoms with E-state index in [4.69, 9.17) is 14.2 Å². The van der Waals surface area contributed by atoms with E-state index in [9.17, 15) is 50.4 Å². The molecular formula is C25H44KNO13S. The molecule has 0 saturated carbocycles. The van der Waals surface area contributed by atoms with Crippen molar-refractivity contribution in [2.75, 3.05) is 19.8 Å². The Labute approximate surface area is 286 Å². The van der Waals surface area contributed by atoms with Gasteiger partial charge in [-0.1, -0.05) is 39.0 Å². The van der Waals surface area contributed by atoms with Crippen LogP contribution in [0.25, 0.3) is 0 Å². The predicted octanol–water partition coefficient (Wildman–Crippen LogP) is -6.28. The minimum Gasteiger partial charge on any atom is -0.546 e. The molecule has 2 rings (SSSR count). The molecule has 234 valence electrons. The van der Waals surface area contributed by atoms with Crippen molar-refractivity contribution in [3.05, 3.63) is 0 Å².